The van der Waals surface area contributed by atoms with E-state index in [-0.39, 0.29) is 11.4 Å². The molecule has 16 heavy (non-hydrogen) atoms. The van der Waals surface area contributed by atoms with Crippen LogP contribution in [-0.2, 0) is 4.79 Å². The molecule has 0 spiro atoms. The number of amides is 1. The number of nitrogens with zero attached hydrogens (tertiary/aromatic N) is 2. The van der Waals surface area contributed by atoms with Gasteiger partial charge in [-0.1, -0.05) is 0 Å². The van der Waals surface area contributed by atoms with E-state index >= 15 is 0 Å². The van der Waals surface area contributed by atoms with Gasteiger partial charge in [0.15, 0.2) is 0 Å². The standard InChI is InChI=1S/C9H12N4O3/c1-9(2,8(10)14)12-6-3-4-11-5-7(6)13(15)16/h3-5H,1-2H3,(H2,10,14)(H,11,12). The van der Waals surface area contributed by atoms with Crippen LogP contribution in [0.5, 0.6) is 0 Å². The van der Waals surface area contributed by atoms with Crippen LogP contribution >= 0.6 is 0 Å². The summed E-state index contributed by atoms with van der Waals surface area (Å²) in [7, 11) is 0. The van der Waals surface area contributed by atoms with Gasteiger partial charge in [-0.2, -0.15) is 0 Å². The number of hydrogen-bond acceptors (Lipinski definition) is 5. The Kier molecular flexibility index (Phi) is 3.07. The Morgan fingerprint density at radius 3 is 2.75 bits per heavy atom. The topological polar surface area (TPSA) is 111 Å². The van der Waals surface area contributed by atoms with Gasteiger partial charge in [-0.05, 0) is 19.9 Å². The first-order chi connectivity index (χ1) is 7.34. The Labute approximate surface area is 91.8 Å². The minimum atomic E-state index is -1.06. The van der Waals surface area contributed by atoms with Gasteiger partial charge in [-0.3, -0.25) is 19.9 Å². The van der Waals surface area contributed by atoms with Crippen LogP contribution in [0, 0.1) is 10.1 Å². The number of carbonyl (C=O) groups excluding carboxylic acids is 1. The van der Waals surface area contributed by atoms with Gasteiger partial charge in [0, 0.05) is 6.20 Å². The van der Waals surface area contributed by atoms with Gasteiger partial charge < -0.3 is 11.1 Å². The molecule has 0 aliphatic rings. The lowest BCUT2D eigenvalue weighted by molar-refractivity contribution is -0.384. The number of carbonyl (C=O) groups is 1. The molecule has 0 atom stereocenters. The highest BCUT2D eigenvalue weighted by molar-refractivity contribution is 5.87. The second-order valence-corrected chi connectivity index (χ2v) is 3.76. The molecule has 0 bridgehead atoms. The van der Waals surface area contributed by atoms with Gasteiger partial charge in [0.2, 0.25) is 5.91 Å². The average molecular weight is 224 g/mol. The quantitative estimate of drug-likeness (QED) is 0.576. The third-order valence-electron chi connectivity index (χ3n) is 2.06. The molecule has 0 saturated heterocycles. The number of nitrogens with one attached hydrogen (secondary N) is 1. The molecule has 0 fully saturated rings. The fourth-order valence-electron chi connectivity index (χ4n) is 1.04. The number of pyridine rings is 1. The van der Waals surface area contributed by atoms with Crippen molar-refractivity contribution in [1.29, 1.82) is 0 Å². The number of nitrogens with two attached hydrogens (primary N) is 1. The van der Waals surface area contributed by atoms with Crippen molar-refractivity contribution >= 4 is 17.3 Å². The van der Waals surface area contributed by atoms with E-state index in [1.54, 1.807) is 13.8 Å². The van der Waals surface area contributed by atoms with Crippen LogP contribution in [0.3, 0.4) is 0 Å². The van der Waals surface area contributed by atoms with Crippen LogP contribution in [0.4, 0.5) is 11.4 Å². The van der Waals surface area contributed by atoms with Crippen LogP contribution in [0.1, 0.15) is 13.8 Å². The van der Waals surface area contributed by atoms with Gasteiger partial charge >= 0.3 is 5.69 Å². The lowest BCUT2D eigenvalue weighted by atomic mass is 10.0. The maximum Gasteiger partial charge on any atom is 0.310 e. The molecule has 0 aliphatic heterocycles. The number of aromatic nitrogens is 1. The van der Waals surface area contributed by atoms with Gasteiger partial charge in [-0.15, -0.1) is 0 Å². The lowest BCUT2D eigenvalue weighted by Gasteiger charge is -2.23. The predicted molar refractivity (Wildman–Crippen MR) is 57.8 cm³/mol. The summed E-state index contributed by atoms with van der Waals surface area (Å²) in [6, 6.07) is 1.42. The number of primary amides is 1. The molecular formula is C9H12N4O3. The zero-order valence-electron chi connectivity index (χ0n) is 8.93. The minimum absolute atomic E-state index is 0.197. The van der Waals surface area contributed by atoms with Crippen LogP contribution in [-0.4, -0.2) is 21.4 Å². The molecule has 0 aromatic carbocycles. The Balaban J connectivity index is 3.06. The van der Waals surface area contributed by atoms with Crippen LogP contribution in [0.15, 0.2) is 18.5 Å². The average Bonchev–Trinajstić information content (AvgIpc) is 2.17. The van der Waals surface area contributed by atoms with Crippen molar-refractivity contribution < 1.29 is 9.72 Å². The molecule has 3 N–H and O–H groups in total. The van der Waals surface area contributed by atoms with Crippen LogP contribution in [0.25, 0.3) is 0 Å². The Bertz CT molecular complexity index is 431. The summed E-state index contributed by atoms with van der Waals surface area (Å²) in [6.07, 6.45) is 2.51. The summed E-state index contributed by atoms with van der Waals surface area (Å²) in [5.41, 5.74) is 4.11. The molecule has 1 aromatic rings. The highest BCUT2D eigenvalue weighted by Crippen LogP contribution is 2.25. The molecule has 1 heterocycles. The van der Waals surface area contributed by atoms with E-state index in [1.807, 2.05) is 0 Å². The maximum absolute atomic E-state index is 11.1. The zero-order valence-corrected chi connectivity index (χ0v) is 8.93. The Hall–Kier alpha value is -2.18. The summed E-state index contributed by atoms with van der Waals surface area (Å²) in [6.45, 7) is 3.08. The fourth-order valence-corrected chi connectivity index (χ4v) is 1.04. The predicted octanol–water partition coefficient (Wildman–Crippen LogP) is 0.666. The van der Waals surface area contributed by atoms with Crippen LogP contribution < -0.4 is 11.1 Å². The van der Waals surface area contributed by atoms with Gasteiger partial charge in [0.1, 0.15) is 17.4 Å². The lowest BCUT2D eigenvalue weighted by Crippen LogP contribution is -2.45. The first-order valence-electron chi connectivity index (χ1n) is 4.51. The first kappa shape index (κ1) is 11.9. The van der Waals surface area contributed by atoms with E-state index in [9.17, 15) is 14.9 Å². The fraction of sp³-hybridized carbons (Fsp3) is 0.333. The second-order valence-electron chi connectivity index (χ2n) is 3.76. The third-order valence-corrected chi connectivity index (χ3v) is 2.06. The molecule has 7 heteroatoms. The molecule has 1 amide bonds. The normalized spacial score (nSPS) is 10.9. The molecule has 1 rings (SSSR count). The highest BCUT2D eigenvalue weighted by Gasteiger charge is 2.27. The number of anilines is 1. The third kappa shape index (κ3) is 2.44. The Morgan fingerprint density at radius 2 is 2.25 bits per heavy atom. The van der Waals surface area contributed by atoms with Crippen LogP contribution in [0.2, 0.25) is 0 Å². The van der Waals surface area contributed by atoms with Gasteiger partial charge in [0.25, 0.3) is 0 Å². The smallest absolute Gasteiger partial charge is 0.310 e. The van der Waals surface area contributed by atoms with E-state index in [2.05, 4.69) is 10.3 Å². The summed E-state index contributed by atoms with van der Waals surface area (Å²) >= 11 is 0. The SMILES string of the molecule is CC(C)(Nc1ccncc1[N+](=O)[O-])C(N)=O. The van der Waals surface area contributed by atoms with E-state index in [1.165, 1.54) is 12.3 Å². The molecule has 0 unspecified atom stereocenters. The summed E-state index contributed by atoms with van der Waals surface area (Å²) < 4.78 is 0. The first-order valence-corrected chi connectivity index (χ1v) is 4.51. The van der Waals surface area contributed by atoms with Crippen molar-refractivity contribution in [2.45, 2.75) is 19.4 Å². The second kappa shape index (κ2) is 4.13. The van der Waals surface area contributed by atoms with Crippen molar-refractivity contribution in [3.05, 3.63) is 28.6 Å². The largest absolute Gasteiger partial charge is 0.368 e. The van der Waals surface area contributed by atoms with E-state index in [0.717, 1.165) is 6.20 Å². The number of nitro groups is 1. The number of rotatable bonds is 4. The van der Waals surface area contributed by atoms with Crippen molar-refractivity contribution in [1.82, 2.24) is 4.98 Å². The summed E-state index contributed by atoms with van der Waals surface area (Å²) in [4.78, 5) is 24.8. The summed E-state index contributed by atoms with van der Waals surface area (Å²) in [5, 5.41) is 13.4. The minimum Gasteiger partial charge on any atom is -0.368 e. The van der Waals surface area contributed by atoms with Crippen molar-refractivity contribution in [3.8, 4) is 0 Å². The van der Waals surface area contributed by atoms with E-state index in [4.69, 9.17) is 5.73 Å². The van der Waals surface area contributed by atoms with Crippen molar-refractivity contribution in [2.75, 3.05) is 5.32 Å². The molecule has 0 saturated carbocycles. The molecule has 0 aliphatic carbocycles. The van der Waals surface area contributed by atoms with Crippen molar-refractivity contribution in [3.63, 3.8) is 0 Å². The molecule has 0 radical (unpaired) electrons. The highest BCUT2D eigenvalue weighted by atomic mass is 16.6. The maximum atomic E-state index is 11.1. The van der Waals surface area contributed by atoms with Crippen molar-refractivity contribution in [2.24, 2.45) is 5.73 Å². The molecule has 86 valence electrons. The zero-order chi connectivity index (χ0) is 12.3. The monoisotopic (exact) mass is 224 g/mol. The van der Waals surface area contributed by atoms with E-state index < -0.39 is 16.4 Å². The molecular weight excluding hydrogens is 212 g/mol. The van der Waals surface area contributed by atoms with Gasteiger partial charge in [-0.25, -0.2) is 0 Å². The molecule has 1 aromatic heterocycles. The number of hydrogen-bond donors (Lipinski definition) is 2. The molecule has 7 nitrogen and oxygen atoms in total. The van der Waals surface area contributed by atoms with E-state index in [0.29, 0.717) is 0 Å². The summed E-state index contributed by atoms with van der Waals surface area (Å²) in [5.74, 6) is -0.599. The Morgan fingerprint density at radius 1 is 1.62 bits per heavy atom. The van der Waals surface area contributed by atoms with Gasteiger partial charge in [0.05, 0.1) is 4.92 Å².